The van der Waals surface area contributed by atoms with Crippen molar-refractivity contribution in [2.24, 2.45) is 0 Å². The van der Waals surface area contributed by atoms with Crippen molar-refractivity contribution in [2.75, 3.05) is 13.2 Å². The summed E-state index contributed by atoms with van der Waals surface area (Å²) in [5, 5.41) is 8.66. The minimum Gasteiger partial charge on any atom is -0.349 e. The van der Waals surface area contributed by atoms with Crippen LogP contribution in [0.25, 0.3) is 0 Å². The molecule has 0 amide bonds. The Labute approximate surface area is 168 Å². The minimum atomic E-state index is -0.168. The molecule has 0 aromatic heterocycles. The zero-order valence-corrected chi connectivity index (χ0v) is 18.0. The molecule has 156 valence electrons. The van der Waals surface area contributed by atoms with Gasteiger partial charge >= 0.3 is 0 Å². The lowest BCUT2D eigenvalue weighted by molar-refractivity contribution is -0.131. The molecule has 3 nitrogen and oxygen atoms in total. The van der Waals surface area contributed by atoms with Crippen LogP contribution in [0, 0.1) is 11.3 Å². The number of nitrogens with zero attached hydrogens (tertiary/aromatic N) is 1. The summed E-state index contributed by atoms with van der Waals surface area (Å²) in [6, 6.07) is 2.20. The average Bonchev–Trinajstić information content (AvgIpc) is 2.68. The van der Waals surface area contributed by atoms with Crippen molar-refractivity contribution in [3.05, 3.63) is 24.3 Å². The molecule has 0 radical (unpaired) electrons. The van der Waals surface area contributed by atoms with Crippen LogP contribution in [-0.2, 0) is 9.47 Å². The van der Waals surface area contributed by atoms with Gasteiger partial charge in [0.1, 0.15) is 0 Å². The largest absolute Gasteiger partial charge is 0.349 e. The van der Waals surface area contributed by atoms with Crippen LogP contribution in [0.5, 0.6) is 0 Å². The normalized spacial score (nSPS) is 11.8. The number of hydrogen-bond acceptors (Lipinski definition) is 3. The van der Waals surface area contributed by atoms with Crippen molar-refractivity contribution >= 4 is 0 Å². The Morgan fingerprint density at radius 1 is 0.704 bits per heavy atom. The summed E-state index contributed by atoms with van der Waals surface area (Å²) in [5.41, 5.74) is 0. The van der Waals surface area contributed by atoms with Crippen LogP contribution in [0.3, 0.4) is 0 Å². The predicted octanol–water partition coefficient (Wildman–Crippen LogP) is 7.48. The summed E-state index contributed by atoms with van der Waals surface area (Å²) >= 11 is 0. The van der Waals surface area contributed by atoms with Gasteiger partial charge in [-0.15, -0.1) is 0 Å². The topological polar surface area (TPSA) is 42.2 Å². The van der Waals surface area contributed by atoms with E-state index in [0.717, 1.165) is 32.1 Å². The molecule has 0 aliphatic heterocycles. The monoisotopic (exact) mass is 377 g/mol. The Morgan fingerprint density at radius 2 is 1.26 bits per heavy atom. The fourth-order valence-electron chi connectivity index (χ4n) is 2.81. The lowest BCUT2D eigenvalue weighted by atomic mass is 10.1. The standard InChI is InChI=1S/C24H43NO2/c1-3-5-7-9-11-13-18-22-26-24(20-16-15-17-21-25)27-23-19-14-12-10-8-6-4-2/h13-14,18-19,24H,3-12,15-17,20,22-23H2,1-2H3/b18-13+,19-14+. The maximum absolute atomic E-state index is 8.66. The third-order valence-corrected chi connectivity index (χ3v) is 4.52. The van der Waals surface area contributed by atoms with Crippen molar-refractivity contribution in [3.8, 4) is 6.07 Å². The van der Waals surface area contributed by atoms with Gasteiger partial charge < -0.3 is 9.47 Å². The summed E-state index contributed by atoms with van der Waals surface area (Å²) in [6.07, 6.45) is 24.5. The zero-order valence-electron chi connectivity index (χ0n) is 18.0. The van der Waals surface area contributed by atoms with Crippen molar-refractivity contribution in [1.82, 2.24) is 0 Å². The molecule has 0 heterocycles. The summed E-state index contributed by atoms with van der Waals surface area (Å²) in [7, 11) is 0. The molecular weight excluding hydrogens is 334 g/mol. The van der Waals surface area contributed by atoms with Crippen LogP contribution in [0.1, 0.15) is 104 Å². The first-order valence-corrected chi connectivity index (χ1v) is 11.2. The second-order valence-electron chi connectivity index (χ2n) is 7.14. The van der Waals surface area contributed by atoms with Gasteiger partial charge in [0.2, 0.25) is 0 Å². The summed E-state index contributed by atoms with van der Waals surface area (Å²) in [6.45, 7) is 5.69. The van der Waals surface area contributed by atoms with Crippen LogP contribution < -0.4 is 0 Å². The van der Waals surface area contributed by atoms with Gasteiger partial charge in [-0.05, 0) is 44.9 Å². The molecule has 3 heteroatoms. The first-order chi connectivity index (χ1) is 13.3. The molecule has 0 N–H and O–H groups in total. The minimum absolute atomic E-state index is 0.168. The first-order valence-electron chi connectivity index (χ1n) is 11.2. The number of nitriles is 1. The number of unbranched alkanes of at least 4 members (excludes halogenated alkanes) is 10. The SMILES string of the molecule is CCCCCC/C=C/COC(CCCCC#N)OC/C=C/CCCCCC. The molecule has 0 aromatic carbocycles. The van der Waals surface area contributed by atoms with Gasteiger partial charge in [-0.25, -0.2) is 0 Å². The van der Waals surface area contributed by atoms with Gasteiger partial charge in [0, 0.05) is 6.42 Å². The van der Waals surface area contributed by atoms with Gasteiger partial charge in [-0.2, -0.15) is 5.26 Å². The Morgan fingerprint density at radius 3 is 1.74 bits per heavy atom. The van der Waals surface area contributed by atoms with E-state index in [0.29, 0.717) is 19.6 Å². The molecule has 0 bridgehead atoms. The second-order valence-corrected chi connectivity index (χ2v) is 7.14. The Balaban J connectivity index is 3.93. The van der Waals surface area contributed by atoms with Crippen LogP contribution in [-0.4, -0.2) is 19.5 Å². The number of rotatable bonds is 20. The highest BCUT2D eigenvalue weighted by Crippen LogP contribution is 2.10. The lowest BCUT2D eigenvalue weighted by Crippen LogP contribution is -2.17. The van der Waals surface area contributed by atoms with Crippen molar-refractivity contribution in [3.63, 3.8) is 0 Å². The Bertz CT molecular complexity index is 358. The Hall–Kier alpha value is -1.11. The fraction of sp³-hybridized carbons (Fsp3) is 0.792. The van der Waals surface area contributed by atoms with Crippen molar-refractivity contribution in [2.45, 2.75) is 110 Å². The molecule has 0 rings (SSSR count). The van der Waals surface area contributed by atoms with E-state index < -0.39 is 0 Å². The zero-order chi connectivity index (χ0) is 19.8. The highest BCUT2D eigenvalue weighted by molar-refractivity contribution is 4.83. The lowest BCUT2D eigenvalue weighted by Gasteiger charge is -2.16. The summed E-state index contributed by atoms with van der Waals surface area (Å²) < 4.78 is 11.8. The third-order valence-electron chi connectivity index (χ3n) is 4.52. The van der Waals surface area contributed by atoms with E-state index in [1.54, 1.807) is 0 Å². The summed E-state index contributed by atoms with van der Waals surface area (Å²) in [5.74, 6) is 0. The first kappa shape index (κ1) is 25.9. The van der Waals surface area contributed by atoms with Crippen LogP contribution in [0.15, 0.2) is 24.3 Å². The number of ether oxygens (including phenoxy) is 2. The predicted molar refractivity (Wildman–Crippen MR) is 116 cm³/mol. The van der Waals surface area contributed by atoms with Crippen molar-refractivity contribution < 1.29 is 9.47 Å². The van der Waals surface area contributed by atoms with Crippen LogP contribution in [0.4, 0.5) is 0 Å². The molecule has 0 aliphatic rings. The van der Waals surface area contributed by atoms with Crippen LogP contribution >= 0.6 is 0 Å². The molecule has 0 unspecified atom stereocenters. The van der Waals surface area contributed by atoms with Gasteiger partial charge in [0.25, 0.3) is 0 Å². The number of allylic oxidation sites excluding steroid dienone is 2. The molecule has 27 heavy (non-hydrogen) atoms. The Kier molecular flexibility index (Phi) is 22.0. The molecular formula is C24H43NO2. The molecule has 0 saturated heterocycles. The number of hydrogen-bond donors (Lipinski definition) is 0. The molecule has 0 saturated carbocycles. The van der Waals surface area contributed by atoms with Crippen molar-refractivity contribution in [1.29, 1.82) is 5.26 Å². The van der Waals surface area contributed by atoms with E-state index in [1.165, 1.54) is 51.4 Å². The maximum Gasteiger partial charge on any atom is 0.158 e. The molecule has 0 spiro atoms. The van der Waals surface area contributed by atoms with Gasteiger partial charge in [0.15, 0.2) is 6.29 Å². The molecule has 0 atom stereocenters. The molecule has 0 fully saturated rings. The van der Waals surface area contributed by atoms with Gasteiger partial charge in [0.05, 0.1) is 19.3 Å². The highest BCUT2D eigenvalue weighted by atomic mass is 16.7. The summed E-state index contributed by atoms with van der Waals surface area (Å²) in [4.78, 5) is 0. The van der Waals surface area contributed by atoms with E-state index in [9.17, 15) is 0 Å². The van der Waals surface area contributed by atoms with Gasteiger partial charge in [-0.1, -0.05) is 76.7 Å². The molecule has 0 aliphatic carbocycles. The van der Waals surface area contributed by atoms with Crippen LogP contribution in [0.2, 0.25) is 0 Å². The van der Waals surface area contributed by atoms with E-state index >= 15 is 0 Å². The maximum atomic E-state index is 8.66. The fourth-order valence-corrected chi connectivity index (χ4v) is 2.81. The van der Waals surface area contributed by atoms with E-state index in [-0.39, 0.29) is 6.29 Å². The second kappa shape index (κ2) is 22.9. The van der Waals surface area contributed by atoms with E-state index in [2.05, 4.69) is 44.2 Å². The molecule has 0 aromatic rings. The third kappa shape index (κ3) is 21.1. The smallest absolute Gasteiger partial charge is 0.158 e. The average molecular weight is 378 g/mol. The quantitative estimate of drug-likeness (QED) is 0.125. The van der Waals surface area contributed by atoms with Gasteiger partial charge in [-0.3, -0.25) is 0 Å². The van der Waals surface area contributed by atoms with E-state index in [1.807, 2.05) is 0 Å². The highest BCUT2D eigenvalue weighted by Gasteiger charge is 2.07. The van der Waals surface area contributed by atoms with E-state index in [4.69, 9.17) is 14.7 Å².